The van der Waals surface area contributed by atoms with Gasteiger partial charge in [-0.05, 0) is 38.3 Å². The summed E-state index contributed by atoms with van der Waals surface area (Å²) in [6, 6.07) is 10.7. The Morgan fingerprint density at radius 1 is 1.09 bits per heavy atom. The molecule has 23 heavy (non-hydrogen) atoms. The number of hydrogen-bond acceptors (Lipinski definition) is 5. The number of nitrogens with zero attached hydrogens (tertiary/aromatic N) is 1. The first-order chi connectivity index (χ1) is 11.0. The average molecular weight is 325 g/mol. The van der Waals surface area contributed by atoms with Gasteiger partial charge in [0.1, 0.15) is 0 Å². The van der Waals surface area contributed by atoms with E-state index in [0.717, 1.165) is 0 Å². The second-order valence-electron chi connectivity index (χ2n) is 4.55. The van der Waals surface area contributed by atoms with Crippen LogP contribution in [0.25, 0.3) is 0 Å². The number of piperidine rings is 1. The first-order valence-corrected chi connectivity index (χ1v) is 7.34. The van der Waals surface area contributed by atoms with E-state index in [1.54, 1.807) is 6.92 Å². The van der Waals surface area contributed by atoms with E-state index in [9.17, 15) is 4.79 Å². The lowest BCUT2D eigenvalue weighted by molar-refractivity contribution is -0.159. The third-order valence-electron chi connectivity index (χ3n) is 2.90. The number of carboxylic acid groups (broad SMARTS) is 2. The molecule has 1 aliphatic heterocycles. The van der Waals surface area contributed by atoms with E-state index in [4.69, 9.17) is 19.8 Å². The molecule has 1 saturated heterocycles. The van der Waals surface area contributed by atoms with Crippen LogP contribution in [0.15, 0.2) is 30.3 Å². The summed E-state index contributed by atoms with van der Waals surface area (Å²) in [5.41, 5.74) is 1.39. The lowest BCUT2D eigenvalue weighted by Gasteiger charge is -2.28. The minimum Gasteiger partial charge on any atom is -0.473 e. The topological polar surface area (TPSA) is 104 Å². The fraction of sp³-hybridized carbons (Fsp3) is 0.438. The number of benzene rings is 1. The van der Waals surface area contributed by atoms with Crippen LogP contribution < -0.4 is 4.90 Å². The highest BCUT2D eigenvalue weighted by Gasteiger charge is 2.09. The predicted molar refractivity (Wildman–Crippen MR) is 85.5 cm³/mol. The number of carbonyl (C=O) groups excluding carboxylic acids is 1. The molecule has 1 aromatic rings. The molecule has 7 nitrogen and oxygen atoms in total. The maximum atomic E-state index is 9.18. The van der Waals surface area contributed by atoms with Gasteiger partial charge in [-0.25, -0.2) is 9.59 Å². The molecular weight excluding hydrogens is 302 g/mol. The smallest absolute Gasteiger partial charge is 0.414 e. The quantitative estimate of drug-likeness (QED) is 0.647. The molecule has 0 atom stereocenters. The zero-order valence-electron chi connectivity index (χ0n) is 13.2. The highest BCUT2D eigenvalue weighted by Crippen LogP contribution is 2.18. The number of rotatable bonds is 3. The van der Waals surface area contributed by atoms with Crippen LogP contribution in [-0.2, 0) is 19.1 Å². The molecule has 1 aliphatic rings. The molecule has 2 N–H and O–H groups in total. The second-order valence-corrected chi connectivity index (χ2v) is 4.55. The van der Waals surface area contributed by atoms with Crippen LogP contribution in [0, 0.1) is 0 Å². The molecule has 2 rings (SSSR count). The third kappa shape index (κ3) is 10.8. The Balaban J connectivity index is 0.000000374. The van der Waals surface area contributed by atoms with Gasteiger partial charge in [0, 0.05) is 18.8 Å². The number of anilines is 1. The summed E-state index contributed by atoms with van der Waals surface area (Å²) in [6.07, 6.45) is 4.12. The van der Waals surface area contributed by atoms with Crippen molar-refractivity contribution in [1.82, 2.24) is 0 Å². The molecule has 0 aliphatic carbocycles. The highest BCUT2D eigenvalue weighted by atomic mass is 16.5. The fourth-order valence-corrected chi connectivity index (χ4v) is 1.86. The highest BCUT2D eigenvalue weighted by molar-refractivity contribution is 6.27. The van der Waals surface area contributed by atoms with Crippen LogP contribution in [0.5, 0.6) is 0 Å². The van der Waals surface area contributed by atoms with E-state index < -0.39 is 11.9 Å². The molecule has 1 fully saturated rings. The molecular formula is C16H23NO6. The van der Waals surface area contributed by atoms with Gasteiger partial charge in [-0.2, -0.15) is 0 Å². The van der Waals surface area contributed by atoms with Crippen molar-refractivity contribution in [3.63, 3.8) is 0 Å². The fourth-order valence-electron chi connectivity index (χ4n) is 1.86. The summed E-state index contributed by atoms with van der Waals surface area (Å²) in [5, 5.41) is 14.8. The van der Waals surface area contributed by atoms with Gasteiger partial charge in [0.15, 0.2) is 0 Å². The Labute approximate surface area is 135 Å². The van der Waals surface area contributed by atoms with Gasteiger partial charge in [0.25, 0.3) is 6.47 Å². The Morgan fingerprint density at radius 2 is 1.61 bits per heavy atom. The Kier molecular flexibility index (Phi) is 11.7. The Hall–Kier alpha value is -2.57. The molecule has 1 heterocycles. The van der Waals surface area contributed by atoms with Crippen molar-refractivity contribution in [2.24, 2.45) is 0 Å². The van der Waals surface area contributed by atoms with Gasteiger partial charge in [-0.3, -0.25) is 4.79 Å². The van der Waals surface area contributed by atoms with Crippen LogP contribution >= 0.6 is 0 Å². The number of ether oxygens (including phenoxy) is 1. The average Bonchev–Trinajstić information content (AvgIpc) is 2.58. The molecule has 0 aromatic heterocycles. The van der Waals surface area contributed by atoms with Crippen molar-refractivity contribution in [2.45, 2.75) is 26.2 Å². The molecule has 0 radical (unpaired) electrons. The predicted octanol–water partition coefficient (Wildman–Crippen LogP) is 2.01. The van der Waals surface area contributed by atoms with E-state index in [1.807, 2.05) is 0 Å². The molecule has 0 unspecified atom stereocenters. The zero-order chi connectivity index (χ0) is 17.5. The van der Waals surface area contributed by atoms with Gasteiger partial charge >= 0.3 is 11.9 Å². The van der Waals surface area contributed by atoms with Gasteiger partial charge in [-0.1, -0.05) is 18.2 Å². The minimum atomic E-state index is -1.82. The molecule has 0 saturated carbocycles. The van der Waals surface area contributed by atoms with E-state index >= 15 is 0 Å². The van der Waals surface area contributed by atoms with Gasteiger partial charge < -0.3 is 19.8 Å². The first kappa shape index (κ1) is 20.4. The normalized spacial score (nSPS) is 12.7. The Bertz CT molecular complexity index is 445. The summed E-state index contributed by atoms with van der Waals surface area (Å²) in [4.78, 5) is 29.9. The summed E-state index contributed by atoms with van der Waals surface area (Å²) >= 11 is 0. The molecule has 0 amide bonds. The van der Waals surface area contributed by atoms with E-state index in [0.29, 0.717) is 13.1 Å². The lowest BCUT2D eigenvalue weighted by atomic mass is 10.1. The molecule has 0 bridgehead atoms. The number of aliphatic carboxylic acids is 2. The standard InChI is InChI=1S/C11H15N.C3H6O2.C2H2O4/c1-3-7-11(8-4-1)12-9-5-2-6-10-12;1-2-5-3-4;3-1(4)2(5)6/h1,3-4,7-8H,2,5-6,9-10H2;3H,2H2,1H3;(H,3,4)(H,5,6). The number of hydrogen-bond donors (Lipinski definition) is 2. The van der Waals surface area contributed by atoms with Crippen molar-refractivity contribution in [3.8, 4) is 0 Å². The largest absolute Gasteiger partial charge is 0.473 e. The minimum absolute atomic E-state index is 0.431. The van der Waals surface area contributed by atoms with Crippen molar-refractivity contribution in [1.29, 1.82) is 0 Å². The van der Waals surface area contributed by atoms with E-state index in [1.165, 1.54) is 38.0 Å². The van der Waals surface area contributed by atoms with Gasteiger partial charge in [0.05, 0.1) is 6.61 Å². The SMILES string of the molecule is CCOC=O.O=C(O)C(=O)O.c1ccc(N2CCCCC2)cc1. The second kappa shape index (κ2) is 13.1. The molecule has 7 heteroatoms. The maximum Gasteiger partial charge on any atom is 0.414 e. The van der Waals surface area contributed by atoms with Crippen LogP contribution in [0.2, 0.25) is 0 Å². The van der Waals surface area contributed by atoms with Crippen LogP contribution in [0.4, 0.5) is 5.69 Å². The van der Waals surface area contributed by atoms with Crippen LogP contribution in [0.3, 0.4) is 0 Å². The summed E-state index contributed by atoms with van der Waals surface area (Å²) in [7, 11) is 0. The Morgan fingerprint density at radius 3 is 1.96 bits per heavy atom. The summed E-state index contributed by atoms with van der Waals surface area (Å²) < 4.78 is 4.15. The zero-order valence-corrected chi connectivity index (χ0v) is 13.2. The van der Waals surface area contributed by atoms with Crippen molar-refractivity contribution >= 4 is 24.1 Å². The molecule has 1 aromatic carbocycles. The van der Waals surface area contributed by atoms with E-state index in [2.05, 4.69) is 40.0 Å². The summed E-state index contributed by atoms with van der Waals surface area (Å²) in [6.45, 7) is 5.14. The third-order valence-corrected chi connectivity index (χ3v) is 2.90. The summed E-state index contributed by atoms with van der Waals surface area (Å²) in [5.74, 6) is -3.65. The van der Waals surface area contributed by atoms with Crippen molar-refractivity contribution in [2.75, 3.05) is 24.6 Å². The maximum absolute atomic E-state index is 9.18. The number of para-hydroxylation sites is 1. The van der Waals surface area contributed by atoms with Crippen LogP contribution in [0.1, 0.15) is 26.2 Å². The van der Waals surface area contributed by atoms with Gasteiger partial charge in [-0.15, -0.1) is 0 Å². The van der Waals surface area contributed by atoms with Gasteiger partial charge in [0.2, 0.25) is 0 Å². The van der Waals surface area contributed by atoms with Crippen molar-refractivity contribution < 1.29 is 29.3 Å². The monoisotopic (exact) mass is 325 g/mol. The number of carboxylic acids is 2. The molecule has 0 spiro atoms. The lowest BCUT2D eigenvalue weighted by Crippen LogP contribution is -2.29. The van der Waals surface area contributed by atoms with E-state index in [-0.39, 0.29) is 0 Å². The first-order valence-electron chi connectivity index (χ1n) is 7.34. The van der Waals surface area contributed by atoms with Crippen LogP contribution in [-0.4, -0.2) is 48.3 Å². The molecule has 128 valence electrons. The van der Waals surface area contributed by atoms with Crippen molar-refractivity contribution in [3.05, 3.63) is 30.3 Å². The number of carbonyl (C=O) groups is 3.